The van der Waals surface area contributed by atoms with Crippen molar-refractivity contribution in [3.05, 3.63) is 35.9 Å². The minimum absolute atomic E-state index is 0.201. The molecule has 0 bridgehead atoms. The lowest BCUT2D eigenvalue weighted by molar-refractivity contribution is 0.0913. The number of rotatable bonds is 4. The molecule has 0 radical (unpaired) electrons. The molecule has 4 nitrogen and oxygen atoms in total. The summed E-state index contributed by atoms with van der Waals surface area (Å²) in [6.07, 6.45) is 1.31. The molecule has 1 aromatic rings. The van der Waals surface area contributed by atoms with Crippen LogP contribution in [-0.2, 0) is 4.74 Å². The molecular formula is C20H31N3OS. The Balaban J connectivity index is 1.57. The Labute approximate surface area is 156 Å². The average molecular weight is 362 g/mol. The summed E-state index contributed by atoms with van der Waals surface area (Å²) in [7, 11) is 1.90. The van der Waals surface area contributed by atoms with Crippen LogP contribution in [0.5, 0.6) is 0 Å². The van der Waals surface area contributed by atoms with Gasteiger partial charge in [-0.15, -0.1) is 0 Å². The highest BCUT2D eigenvalue weighted by Crippen LogP contribution is 2.34. The molecule has 3 atom stereocenters. The van der Waals surface area contributed by atoms with Crippen molar-refractivity contribution in [2.24, 2.45) is 16.8 Å². The Morgan fingerprint density at radius 2 is 2.16 bits per heavy atom. The fraction of sp³-hybridized carbons (Fsp3) is 0.650. The van der Waals surface area contributed by atoms with Gasteiger partial charge in [-0.25, -0.2) is 0 Å². The van der Waals surface area contributed by atoms with Gasteiger partial charge in [-0.05, 0) is 17.9 Å². The van der Waals surface area contributed by atoms with Gasteiger partial charge in [0.05, 0.1) is 6.10 Å². The first-order chi connectivity index (χ1) is 12.2. The third-order valence-electron chi connectivity index (χ3n) is 5.21. The molecule has 0 aliphatic carbocycles. The van der Waals surface area contributed by atoms with Crippen molar-refractivity contribution in [1.82, 2.24) is 10.2 Å². The van der Waals surface area contributed by atoms with Crippen LogP contribution in [0.4, 0.5) is 0 Å². The maximum Gasteiger partial charge on any atom is 0.193 e. The number of guanidine groups is 1. The molecule has 2 aliphatic heterocycles. The molecule has 3 unspecified atom stereocenters. The largest absolute Gasteiger partial charge is 0.373 e. The standard InChI is InChI=1S/C20H31N3OS/c1-15(2)18-14-23(10-12-25-18)20(21-3)22-13-17-9-11-24-19(17)16-7-5-4-6-8-16/h4-8,15,17-19H,9-14H2,1-3H3,(H,21,22). The van der Waals surface area contributed by atoms with Crippen LogP contribution in [0.15, 0.2) is 35.3 Å². The summed E-state index contributed by atoms with van der Waals surface area (Å²) in [5, 5.41) is 4.32. The number of nitrogens with zero attached hydrogens (tertiary/aromatic N) is 2. The molecule has 25 heavy (non-hydrogen) atoms. The third kappa shape index (κ3) is 4.70. The molecule has 0 aromatic heterocycles. The van der Waals surface area contributed by atoms with Gasteiger partial charge in [-0.3, -0.25) is 4.99 Å². The van der Waals surface area contributed by atoms with Gasteiger partial charge in [0.15, 0.2) is 5.96 Å². The van der Waals surface area contributed by atoms with Crippen molar-refractivity contribution in [3.63, 3.8) is 0 Å². The Morgan fingerprint density at radius 3 is 2.88 bits per heavy atom. The fourth-order valence-electron chi connectivity index (χ4n) is 3.68. The van der Waals surface area contributed by atoms with Crippen molar-refractivity contribution in [3.8, 4) is 0 Å². The zero-order valence-electron chi connectivity index (χ0n) is 15.6. The van der Waals surface area contributed by atoms with E-state index < -0.39 is 0 Å². The minimum atomic E-state index is 0.201. The lowest BCUT2D eigenvalue weighted by Crippen LogP contribution is -2.50. The van der Waals surface area contributed by atoms with Gasteiger partial charge >= 0.3 is 0 Å². The molecule has 1 N–H and O–H groups in total. The molecule has 0 amide bonds. The van der Waals surface area contributed by atoms with E-state index in [2.05, 4.69) is 71.2 Å². The summed E-state index contributed by atoms with van der Waals surface area (Å²) in [6, 6.07) is 10.6. The number of hydrogen-bond acceptors (Lipinski definition) is 3. The van der Waals surface area contributed by atoms with Gasteiger partial charge in [0, 0.05) is 50.2 Å². The predicted octanol–water partition coefficient (Wildman–Crippen LogP) is 3.41. The van der Waals surface area contributed by atoms with Gasteiger partial charge in [0.1, 0.15) is 0 Å². The van der Waals surface area contributed by atoms with Crippen LogP contribution in [0.3, 0.4) is 0 Å². The molecule has 138 valence electrons. The van der Waals surface area contributed by atoms with Crippen LogP contribution >= 0.6 is 11.8 Å². The normalized spacial score (nSPS) is 27.8. The summed E-state index contributed by atoms with van der Waals surface area (Å²) in [5.41, 5.74) is 1.29. The maximum atomic E-state index is 6.01. The quantitative estimate of drug-likeness (QED) is 0.659. The summed E-state index contributed by atoms with van der Waals surface area (Å²) in [6.45, 7) is 8.57. The van der Waals surface area contributed by atoms with Crippen LogP contribution in [0.1, 0.15) is 31.9 Å². The van der Waals surface area contributed by atoms with Gasteiger partial charge in [-0.2, -0.15) is 11.8 Å². The number of benzene rings is 1. The molecule has 0 saturated carbocycles. The highest BCUT2D eigenvalue weighted by atomic mass is 32.2. The zero-order valence-corrected chi connectivity index (χ0v) is 16.5. The summed E-state index contributed by atoms with van der Waals surface area (Å²) in [4.78, 5) is 6.97. The predicted molar refractivity (Wildman–Crippen MR) is 107 cm³/mol. The first-order valence-corrected chi connectivity index (χ1v) is 10.5. The van der Waals surface area contributed by atoms with Gasteiger partial charge in [0.25, 0.3) is 0 Å². The number of hydrogen-bond donors (Lipinski definition) is 1. The van der Waals surface area contributed by atoms with E-state index in [9.17, 15) is 0 Å². The molecule has 5 heteroatoms. The second-order valence-electron chi connectivity index (χ2n) is 7.28. The van der Waals surface area contributed by atoms with E-state index in [4.69, 9.17) is 4.74 Å². The summed E-state index contributed by atoms with van der Waals surface area (Å²) in [5.74, 6) is 3.43. The molecule has 2 saturated heterocycles. The summed E-state index contributed by atoms with van der Waals surface area (Å²) >= 11 is 2.10. The maximum absolute atomic E-state index is 6.01. The lowest BCUT2D eigenvalue weighted by atomic mass is 9.95. The Bertz CT molecular complexity index is 563. The molecule has 1 aromatic carbocycles. The Morgan fingerprint density at radius 1 is 1.36 bits per heavy atom. The molecule has 2 heterocycles. The molecule has 0 spiro atoms. The lowest BCUT2D eigenvalue weighted by Gasteiger charge is -2.36. The van der Waals surface area contributed by atoms with E-state index in [1.54, 1.807) is 0 Å². The van der Waals surface area contributed by atoms with E-state index in [-0.39, 0.29) is 6.10 Å². The molecular weight excluding hydrogens is 330 g/mol. The van der Waals surface area contributed by atoms with Crippen molar-refractivity contribution >= 4 is 17.7 Å². The van der Waals surface area contributed by atoms with Crippen molar-refractivity contribution in [2.45, 2.75) is 31.6 Å². The van der Waals surface area contributed by atoms with Crippen LogP contribution in [0, 0.1) is 11.8 Å². The highest BCUT2D eigenvalue weighted by molar-refractivity contribution is 8.00. The van der Waals surface area contributed by atoms with Gasteiger partial charge < -0.3 is 15.0 Å². The number of nitrogens with one attached hydrogen (secondary N) is 1. The SMILES string of the molecule is CN=C(NCC1CCOC1c1ccccc1)N1CCSC(C(C)C)C1. The smallest absolute Gasteiger partial charge is 0.193 e. The van der Waals surface area contributed by atoms with Crippen molar-refractivity contribution < 1.29 is 4.74 Å². The third-order valence-corrected chi connectivity index (χ3v) is 6.75. The van der Waals surface area contributed by atoms with E-state index in [0.29, 0.717) is 17.1 Å². The van der Waals surface area contributed by atoms with Crippen molar-refractivity contribution in [2.75, 3.05) is 39.0 Å². The number of ether oxygens (including phenoxy) is 1. The number of thioether (sulfide) groups is 1. The Hall–Kier alpha value is -1.20. The molecule has 3 rings (SSSR count). The van der Waals surface area contributed by atoms with Crippen molar-refractivity contribution in [1.29, 1.82) is 0 Å². The van der Waals surface area contributed by atoms with Crippen LogP contribution in [-0.4, -0.2) is 55.2 Å². The van der Waals surface area contributed by atoms with E-state index in [1.807, 2.05) is 7.05 Å². The average Bonchev–Trinajstić information content (AvgIpc) is 3.12. The second kappa shape index (κ2) is 8.95. The highest BCUT2D eigenvalue weighted by Gasteiger charge is 2.30. The van der Waals surface area contributed by atoms with Gasteiger partial charge in [-0.1, -0.05) is 44.2 Å². The van der Waals surface area contributed by atoms with Gasteiger partial charge in [0.2, 0.25) is 0 Å². The summed E-state index contributed by atoms with van der Waals surface area (Å²) < 4.78 is 6.01. The van der Waals surface area contributed by atoms with E-state index in [1.165, 1.54) is 11.3 Å². The minimum Gasteiger partial charge on any atom is -0.373 e. The second-order valence-corrected chi connectivity index (χ2v) is 8.63. The monoisotopic (exact) mass is 361 g/mol. The Kier molecular flexibility index (Phi) is 6.65. The fourth-order valence-corrected chi connectivity index (χ4v) is 4.98. The first-order valence-electron chi connectivity index (χ1n) is 9.42. The van der Waals surface area contributed by atoms with Crippen LogP contribution in [0.25, 0.3) is 0 Å². The number of aliphatic imine (C=N–C) groups is 1. The first kappa shape index (κ1) is 18.6. The van der Waals surface area contributed by atoms with Crippen LogP contribution < -0.4 is 5.32 Å². The van der Waals surface area contributed by atoms with Crippen LogP contribution in [0.2, 0.25) is 0 Å². The molecule has 2 aliphatic rings. The topological polar surface area (TPSA) is 36.9 Å². The van der Waals surface area contributed by atoms with E-state index >= 15 is 0 Å². The molecule has 2 fully saturated rings. The van der Waals surface area contributed by atoms with E-state index in [0.717, 1.165) is 38.6 Å². The zero-order chi connectivity index (χ0) is 17.6.